The molecule has 1 aliphatic carbocycles. The van der Waals surface area contributed by atoms with E-state index < -0.39 is 11.4 Å². The van der Waals surface area contributed by atoms with E-state index in [1.54, 1.807) is 13.8 Å². The van der Waals surface area contributed by atoms with Gasteiger partial charge in [0.15, 0.2) is 0 Å². The first-order chi connectivity index (χ1) is 9.38. The molecular formula is C17H25NO2. The summed E-state index contributed by atoms with van der Waals surface area (Å²) in [6, 6.07) is 9.34. The molecule has 2 rings (SSSR count). The van der Waals surface area contributed by atoms with Crippen LogP contribution in [0.2, 0.25) is 0 Å². The van der Waals surface area contributed by atoms with E-state index in [4.69, 9.17) is 5.11 Å². The van der Waals surface area contributed by atoms with Crippen LogP contribution >= 0.6 is 0 Å². The van der Waals surface area contributed by atoms with Gasteiger partial charge in [-0.25, -0.2) is 0 Å². The molecule has 110 valence electrons. The SMILES string of the molecule is Cc1ccc(C2CC(NCCC(C)(C)C(=O)O)C2)cc1. The molecule has 0 bridgehead atoms. The molecule has 3 heteroatoms. The van der Waals surface area contributed by atoms with Gasteiger partial charge in [0.25, 0.3) is 0 Å². The molecule has 2 N–H and O–H groups in total. The van der Waals surface area contributed by atoms with E-state index in [9.17, 15) is 4.79 Å². The Bertz CT molecular complexity index is 458. The van der Waals surface area contributed by atoms with E-state index in [0.29, 0.717) is 18.4 Å². The smallest absolute Gasteiger partial charge is 0.309 e. The fourth-order valence-electron chi connectivity index (χ4n) is 2.59. The predicted molar refractivity (Wildman–Crippen MR) is 81.0 cm³/mol. The van der Waals surface area contributed by atoms with E-state index >= 15 is 0 Å². The highest BCUT2D eigenvalue weighted by Crippen LogP contribution is 2.37. The van der Waals surface area contributed by atoms with Gasteiger partial charge in [-0.2, -0.15) is 0 Å². The maximum atomic E-state index is 11.0. The first kappa shape index (κ1) is 15.0. The van der Waals surface area contributed by atoms with Crippen LogP contribution in [0, 0.1) is 12.3 Å². The third-order valence-corrected chi connectivity index (χ3v) is 4.45. The lowest BCUT2D eigenvalue weighted by Gasteiger charge is -2.37. The molecule has 1 aromatic carbocycles. The van der Waals surface area contributed by atoms with Crippen molar-refractivity contribution in [2.75, 3.05) is 6.54 Å². The molecule has 20 heavy (non-hydrogen) atoms. The number of carboxylic acids is 1. The van der Waals surface area contributed by atoms with Crippen molar-refractivity contribution >= 4 is 5.97 Å². The van der Waals surface area contributed by atoms with Gasteiger partial charge in [-0.3, -0.25) is 4.79 Å². The van der Waals surface area contributed by atoms with Crippen LogP contribution in [0.25, 0.3) is 0 Å². The van der Waals surface area contributed by atoms with Crippen molar-refractivity contribution in [3.05, 3.63) is 35.4 Å². The minimum Gasteiger partial charge on any atom is -0.481 e. The normalized spacial score (nSPS) is 22.4. The molecule has 3 nitrogen and oxygen atoms in total. The van der Waals surface area contributed by atoms with Crippen molar-refractivity contribution in [3.8, 4) is 0 Å². The molecular weight excluding hydrogens is 250 g/mol. The van der Waals surface area contributed by atoms with Crippen molar-refractivity contribution in [1.29, 1.82) is 0 Å². The molecule has 0 spiro atoms. The van der Waals surface area contributed by atoms with Crippen molar-refractivity contribution < 1.29 is 9.90 Å². The molecule has 0 radical (unpaired) electrons. The average molecular weight is 275 g/mol. The molecule has 0 saturated heterocycles. The van der Waals surface area contributed by atoms with Crippen molar-refractivity contribution in [1.82, 2.24) is 5.32 Å². The standard InChI is InChI=1S/C17H25NO2/c1-12-4-6-13(7-5-12)14-10-15(11-14)18-9-8-17(2,3)16(19)20/h4-7,14-15,18H,8-11H2,1-3H3,(H,19,20). The predicted octanol–water partition coefficient (Wildman–Crippen LogP) is 3.33. The zero-order valence-electron chi connectivity index (χ0n) is 12.6. The van der Waals surface area contributed by atoms with Crippen LogP contribution in [0.5, 0.6) is 0 Å². The van der Waals surface area contributed by atoms with Crippen molar-refractivity contribution in [2.24, 2.45) is 5.41 Å². The fraction of sp³-hybridized carbons (Fsp3) is 0.588. The lowest BCUT2D eigenvalue weighted by atomic mass is 9.75. The van der Waals surface area contributed by atoms with Gasteiger partial charge in [-0.1, -0.05) is 29.8 Å². The van der Waals surface area contributed by atoms with Gasteiger partial charge >= 0.3 is 5.97 Å². The number of aryl methyl sites for hydroxylation is 1. The second-order valence-electron chi connectivity index (χ2n) is 6.67. The zero-order chi connectivity index (χ0) is 14.8. The molecule has 0 unspecified atom stereocenters. The Kier molecular flexibility index (Phi) is 4.48. The lowest BCUT2D eigenvalue weighted by molar-refractivity contribution is -0.147. The summed E-state index contributed by atoms with van der Waals surface area (Å²) in [7, 11) is 0. The van der Waals surface area contributed by atoms with E-state index in [2.05, 4.69) is 36.5 Å². The summed E-state index contributed by atoms with van der Waals surface area (Å²) in [4.78, 5) is 11.0. The highest BCUT2D eigenvalue weighted by Gasteiger charge is 2.31. The molecule has 0 aromatic heterocycles. The number of carboxylic acid groups (broad SMARTS) is 1. The van der Waals surface area contributed by atoms with E-state index in [-0.39, 0.29) is 0 Å². The van der Waals surface area contributed by atoms with Gasteiger partial charge in [0.2, 0.25) is 0 Å². The van der Waals surface area contributed by atoms with Gasteiger partial charge in [0.05, 0.1) is 5.41 Å². The molecule has 1 aliphatic rings. The quantitative estimate of drug-likeness (QED) is 0.837. The van der Waals surface area contributed by atoms with E-state index in [0.717, 1.165) is 19.4 Å². The number of hydrogen-bond acceptors (Lipinski definition) is 2. The number of nitrogens with one attached hydrogen (secondary N) is 1. The topological polar surface area (TPSA) is 49.3 Å². The second-order valence-corrected chi connectivity index (χ2v) is 6.67. The molecule has 0 aliphatic heterocycles. The number of aliphatic carboxylic acids is 1. The summed E-state index contributed by atoms with van der Waals surface area (Å²) in [6.45, 7) is 6.46. The van der Waals surface area contributed by atoms with Crippen LogP contribution in [-0.4, -0.2) is 23.7 Å². The Morgan fingerprint density at radius 1 is 1.30 bits per heavy atom. The molecule has 0 heterocycles. The maximum absolute atomic E-state index is 11.0. The Morgan fingerprint density at radius 3 is 2.45 bits per heavy atom. The maximum Gasteiger partial charge on any atom is 0.309 e. The highest BCUT2D eigenvalue weighted by atomic mass is 16.4. The summed E-state index contributed by atoms with van der Waals surface area (Å²) in [6.07, 6.45) is 3.00. The largest absolute Gasteiger partial charge is 0.481 e. The average Bonchev–Trinajstić information content (AvgIpc) is 2.33. The molecule has 1 aromatic rings. The molecule has 0 atom stereocenters. The van der Waals surface area contributed by atoms with Crippen LogP contribution in [0.1, 0.15) is 50.2 Å². The first-order valence-electron chi connectivity index (χ1n) is 7.42. The minimum atomic E-state index is -0.717. The summed E-state index contributed by atoms with van der Waals surface area (Å²) >= 11 is 0. The van der Waals surface area contributed by atoms with Crippen LogP contribution in [0.4, 0.5) is 0 Å². The highest BCUT2D eigenvalue weighted by molar-refractivity contribution is 5.73. The van der Waals surface area contributed by atoms with Crippen molar-refractivity contribution in [3.63, 3.8) is 0 Å². The summed E-state index contributed by atoms with van der Waals surface area (Å²) in [5, 5.41) is 12.5. The third kappa shape index (κ3) is 3.60. The monoisotopic (exact) mass is 275 g/mol. The first-order valence-corrected chi connectivity index (χ1v) is 7.42. The van der Waals surface area contributed by atoms with Gasteiger partial charge < -0.3 is 10.4 Å². The molecule has 1 fully saturated rings. The Balaban J connectivity index is 1.70. The van der Waals surface area contributed by atoms with Gasteiger partial charge in [-0.15, -0.1) is 0 Å². The van der Waals surface area contributed by atoms with Crippen LogP contribution in [-0.2, 0) is 4.79 Å². The van der Waals surface area contributed by atoms with Gasteiger partial charge in [0, 0.05) is 6.04 Å². The minimum absolute atomic E-state index is 0.547. The zero-order valence-corrected chi connectivity index (χ0v) is 12.6. The Labute approximate surface area is 121 Å². The lowest BCUT2D eigenvalue weighted by Crippen LogP contribution is -2.42. The molecule has 1 saturated carbocycles. The Morgan fingerprint density at radius 2 is 1.90 bits per heavy atom. The van der Waals surface area contributed by atoms with Gasteiger partial charge in [0.1, 0.15) is 0 Å². The number of rotatable bonds is 6. The number of benzene rings is 1. The van der Waals surface area contributed by atoms with E-state index in [1.165, 1.54) is 11.1 Å². The van der Waals surface area contributed by atoms with E-state index in [1.807, 2.05) is 0 Å². The van der Waals surface area contributed by atoms with Crippen LogP contribution in [0.3, 0.4) is 0 Å². The van der Waals surface area contributed by atoms with Gasteiger partial charge in [-0.05, 0) is 58.1 Å². The number of hydrogen-bond donors (Lipinski definition) is 2. The second kappa shape index (κ2) is 5.96. The van der Waals surface area contributed by atoms with Crippen molar-refractivity contribution in [2.45, 2.75) is 52.0 Å². The van der Waals surface area contributed by atoms with Crippen LogP contribution < -0.4 is 5.32 Å². The third-order valence-electron chi connectivity index (χ3n) is 4.45. The number of carbonyl (C=O) groups is 1. The molecule has 0 amide bonds. The summed E-state index contributed by atoms with van der Waals surface area (Å²) in [5.74, 6) is -0.0500. The fourth-order valence-corrected chi connectivity index (χ4v) is 2.59. The Hall–Kier alpha value is -1.35. The summed E-state index contributed by atoms with van der Waals surface area (Å²) in [5.41, 5.74) is 2.10. The van der Waals surface area contributed by atoms with Crippen LogP contribution in [0.15, 0.2) is 24.3 Å². The summed E-state index contributed by atoms with van der Waals surface area (Å²) < 4.78 is 0.